The Hall–Kier alpha value is -2.53. The van der Waals surface area contributed by atoms with E-state index < -0.39 is 0 Å². The molecular weight excluding hydrogens is 386 g/mol. The van der Waals surface area contributed by atoms with Crippen LogP contribution in [-0.4, -0.2) is 36.5 Å². The van der Waals surface area contributed by atoms with E-state index in [2.05, 4.69) is 15.5 Å². The number of para-hydroxylation sites is 1. The molecule has 1 fully saturated rings. The molecule has 2 amide bonds. The van der Waals surface area contributed by atoms with Crippen LogP contribution in [0.1, 0.15) is 54.3 Å². The number of benzene rings is 2. The number of piperidine rings is 1. The predicted octanol–water partition coefficient (Wildman–Crippen LogP) is 4.27. The van der Waals surface area contributed by atoms with Crippen LogP contribution in [0.2, 0.25) is 5.02 Å². The number of anilines is 1. The highest BCUT2D eigenvalue weighted by Crippen LogP contribution is 2.25. The molecule has 1 aliphatic heterocycles. The van der Waals surface area contributed by atoms with Crippen molar-refractivity contribution in [3.63, 3.8) is 0 Å². The summed E-state index contributed by atoms with van der Waals surface area (Å²) in [6.07, 6.45) is 1.64. The molecule has 2 aromatic carbocycles. The summed E-state index contributed by atoms with van der Waals surface area (Å²) in [6, 6.07) is 14.8. The molecule has 154 valence electrons. The Bertz CT molecular complexity index is 884. The van der Waals surface area contributed by atoms with Crippen LogP contribution in [0.15, 0.2) is 48.5 Å². The van der Waals surface area contributed by atoms with Crippen molar-refractivity contribution in [2.45, 2.75) is 45.2 Å². The monoisotopic (exact) mass is 413 g/mol. The van der Waals surface area contributed by atoms with Gasteiger partial charge in [-0.05, 0) is 63.9 Å². The second kappa shape index (κ2) is 8.87. The Kier molecular flexibility index (Phi) is 6.48. The summed E-state index contributed by atoms with van der Waals surface area (Å²) < 4.78 is 0. The maximum atomic E-state index is 12.7. The number of nitrogens with zero attached hydrogens (tertiary/aromatic N) is 1. The number of amides is 2. The van der Waals surface area contributed by atoms with E-state index in [-0.39, 0.29) is 23.4 Å². The van der Waals surface area contributed by atoms with Gasteiger partial charge in [0.2, 0.25) is 0 Å². The van der Waals surface area contributed by atoms with Gasteiger partial charge in [0.25, 0.3) is 11.8 Å². The number of carbonyl (C=O) groups excluding carboxylic acids is 2. The van der Waals surface area contributed by atoms with Gasteiger partial charge in [-0.3, -0.25) is 9.59 Å². The van der Waals surface area contributed by atoms with Gasteiger partial charge in [-0.2, -0.15) is 0 Å². The van der Waals surface area contributed by atoms with Gasteiger partial charge in [-0.25, -0.2) is 0 Å². The van der Waals surface area contributed by atoms with Crippen LogP contribution >= 0.6 is 11.6 Å². The first-order valence-electron chi connectivity index (χ1n) is 9.96. The molecule has 0 spiro atoms. The Morgan fingerprint density at radius 2 is 1.69 bits per heavy atom. The summed E-state index contributed by atoms with van der Waals surface area (Å²) in [4.78, 5) is 27.4. The number of hydrogen-bond acceptors (Lipinski definition) is 3. The van der Waals surface area contributed by atoms with Gasteiger partial charge in [-0.15, -0.1) is 0 Å². The number of rotatable bonds is 4. The van der Waals surface area contributed by atoms with E-state index in [0.717, 1.165) is 31.6 Å². The third kappa shape index (κ3) is 5.73. The lowest BCUT2D eigenvalue weighted by atomic mass is 10.0. The molecule has 2 N–H and O–H groups in total. The molecule has 2 aromatic rings. The molecule has 0 aliphatic carbocycles. The molecule has 1 heterocycles. The van der Waals surface area contributed by atoms with E-state index in [1.54, 1.807) is 24.3 Å². The molecule has 1 aliphatic rings. The molecular formula is C23H28ClN3O2. The zero-order valence-corrected chi connectivity index (χ0v) is 17.9. The number of halogens is 1. The minimum atomic E-state index is -0.290. The lowest BCUT2D eigenvalue weighted by molar-refractivity contribution is 0.0917. The molecule has 3 rings (SSSR count). The van der Waals surface area contributed by atoms with Crippen molar-refractivity contribution < 1.29 is 9.59 Å². The lowest BCUT2D eigenvalue weighted by Gasteiger charge is -2.35. The molecule has 0 aromatic heterocycles. The van der Waals surface area contributed by atoms with E-state index >= 15 is 0 Å². The Labute approximate surface area is 177 Å². The van der Waals surface area contributed by atoms with Crippen molar-refractivity contribution in [1.29, 1.82) is 0 Å². The first-order valence-corrected chi connectivity index (χ1v) is 10.3. The van der Waals surface area contributed by atoms with Gasteiger partial charge in [0.1, 0.15) is 0 Å². The molecule has 0 radical (unpaired) electrons. The summed E-state index contributed by atoms with van der Waals surface area (Å²) in [6.45, 7) is 7.48. The topological polar surface area (TPSA) is 61.4 Å². The minimum Gasteiger partial charge on any atom is -0.371 e. The van der Waals surface area contributed by atoms with Gasteiger partial charge >= 0.3 is 0 Å². The van der Waals surface area contributed by atoms with Crippen LogP contribution in [0.4, 0.5) is 5.69 Å². The summed E-state index contributed by atoms with van der Waals surface area (Å²) in [5.74, 6) is -0.166. The minimum absolute atomic E-state index is 0.0653. The van der Waals surface area contributed by atoms with Crippen molar-refractivity contribution in [3.05, 3.63) is 64.7 Å². The third-order valence-corrected chi connectivity index (χ3v) is 5.13. The molecule has 0 unspecified atom stereocenters. The predicted molar refractivity (Wildman–Crippen MR) is 118 cm³/mol. The molecule has 29 heavy (non-hydrogen) atoms. The van der Waals surface area contributed by atoms with Gasteiger partial charge in [0, 0.05) is 40.9 Å². The second-order valence-electron chi connectivity index (χ2n) is 8.47. The Balaban J connectivity index is 1.62. The van der Waals surface area contributed by atoms with Gasteiger partial charge < -0.3 is 15.5 Å². The fourth-order valence-corrected chi connectivity index (χ4v) is 3.70. The smallest absolute Gasteiger partial charge is 0.253 e. The van der Waals surface area contributed by atoms with Crippen LogP contribution in [0.3, 0.4) is 0 Å². The van der Waals surface area contributed by atoms with Crippen LogP contribution in [-0.2, 0) is 0 Å². The highest BCUT2D eigenvalue weighted by molar-refractivity contribution is 6.30. The maximum Gasteiger partial charge on any atom is 0.253 e. The summed E-state index contributed by atoms with van der Waals surface area (Å²) >= 11 is 5.98. The summed E-state index contributed by atoms with van der Waals surface area (Å²) in [5, 5.41) is 6.69. The average molecular weight is 414 g/mol. The van der Waals surface area contributed by atoms with Crippen molar-refractivity contribution in [2.24, 2.45) is 0 Å². The highest BCUT2D eigenvalue weighted by Gasteiger charge is 2.25. The zero-order chi connectivity index (χ0) is 21.0. The number of carbonyl (C=O) groups is 2. The van der Waals surface area contributed by atoms with Crippen molar-refractivity contribution >= 4 is 29.1 Å². The second-order valence-corrected chi connectivity index (χ2v) is 8.90. The SMILES string of the molecule is CC(C)(C)NC(=O)c1ccccc1N1CCC(NC(=O)c2cccc(Cl)c2)CC1. The Morgan fingerprint density at radius 1 is 1.00 bits per heavy atom. The first kappa shape index (κ1) is 21.2. The number of nitrogens with one attached hydrogen (secondary N) is 2. The lowest BCUT2D eigenvalue weighted by Crippen LogP contribution is -2.45. The fourth-order valence-electron chi connectivity index (χ4n) is 3.51. The average Bonchev–Trinajstić information content (AvgIpc) is 2.67. The Morgan fingerprint density at radius 3 is 2.34 bits per heavy atom. The van der Waals surface area contributed by atoms with Crippen molar-refractivity contribution in [3.8, 4) is 0 Å². The summed E-state index contributed by atoms with van der Waals surface area (Å²) in [7, 11) is 0. The highest BCUT2D eigenvalue weighted by atomic mass is 35.5. The van der Waals surface area contributed by atoms with Gasteiger partial charge in [-0.1, -0.05) is 29.8 Å². The fraction of sp³-hybridized carbons (Fsp3) is 0.391. The van der Waals surface area contributed by atoms with E-state index in [1.165, 1.54) is 0 Å². The normalized spacial score (nSPS) is 15.1. The van der Waals surface area contributed by atoms with Crippen LogP contribution in [0, 0.1) is 0 Å². The van der Waals surface area contributed by atoms with E-state index in [4.69, 9.17) is 11.6 Å². The third-order valence-electron chi connectivity index (χ3n) is 4.89. The van der Waals surface area contributed by atoms with Crippen LogP contribution < -0.4 is 15.5 Å². The van der Waals surface area contributed by atoms with E-state index in [9.17, 15) is 9.59 Å². The molecule has 0 bridgehead atoms. The van der Waals surface area contributed by atoms with Gasteiger partial charge in [0.15, 0.2) is 0 Å². The molecule has 1 saturated heterocycles. The molecule has 0 saturated carbocycles. The van der Waals surface area contributed by atoms with E-state index in [1.807, 2.05) is 45.0 Å². The quantitative estimate of drug-likeness (QED) is 0.786. The van der Waals surface area contributed by atoms with Crippen molar-refractivity contribution in [2.75, 3.05) is 18.0 Å². The zero-order valence-electron chi connectivity index (χ0n) is 17.2. The standard InChI is InChI=1S/C23H28ClN3O2/c1-23(2,3)26-22(29)19-9-4-5-10-20(19)27-13-11-18(12-14-27)25-21(28)16-7-6-8-17(24)15-16/h4-10,15,18H,11-14H2,1-3H3,(H,25,28)(H,26,29). The number of hydrogen-bond donors (Lipinski definition) is 2. The molecule has 0 atom stereocenters. The largest absolute Gasteiger partial charge is 0.371 e. The molecule has 6 heteroatoms. The first-order chi connectivity index (χ1) is 13.7. The van der Waals surface area contributed by atoms with Crippen LogP contribution in [0.25, 0.3) is 0 Å². The van der Waals surface area contributed by atoms with Crippen LogP contribution in [0.5, 0.6) is 0 Å². The van der Waals surface area contributed by atoms with Crippen molar-refractivity contribution in [1.82, 2.24) is 10.6 Å². The van der Waals surface area contributed by atoms with Gasteiger partial charge in [0.05, 0.1) is 5.56 Å². The summed E-state index contributed by atoms with van der Waals surface area (Å²) in [5.41, 5.74) is 1.91. The maximum absolute atomic E-state index is 12.7. The molecule has 5 nitrogen and oxygen atoms in total. The van der Waals surface area contributed by atoms with E-state index in [0.29, 0.717) is 16.1 Å².